The second-order valence-electron chi connectivity index (χ2n) is 6.76. The topological polar surface area (TPSA) is 37.4 Å². The van der Waals surface area contributed by atoms with Crippen molar-refractivity contribution in [2.45, 2.75) is 50.5 Å². The van der Waals surface area contributed by atoms with Crippen molar-refractivity contribution < 1.29 is 9.59 Å². The Morgan fingerprint density at radius 3 is 2.39 bits per heavy atom. The molecule has 1 atom stereocenters. The molecule has 2 fully saturated rings. The van der Waals surface area contributed by atoms with Crippen LogP contribution in [0.25, 0.3) is 10.8 Å². The van der Waals surface area contributed by atoms with Gasteiger partial charge in [0, 0.05) is 12.5 Å². The van der Waals surface area contributed by atoms with E-state index in [0.717, 1.165) is 42.0 Å². The Bertz CT molecular complexity index is 761. The Labute approximate surface area is 136 Å². The molecule has 0 unspecified atom stereocenters. The van der Waals surface area contributed by atoms with E-state index in [0.29, 0.717) is 6.42 Å². The van der Waals surface area contributed by atoms with Crippen LogP contribution in [0.15, 0.2) is 42.5 Å². The molecule has 2 aliphatic rings. The molecule has 0 bridgehead atoms. The van der Waals surface area contributed by atoms with Gasteiger partial charge in [-0.3, -0.25) is 14.5 Å². The van der Waals surface area contributed by atoms with Crippen molar-refractivity contribution in [1.29, 1.82) is 0 Å². The van der Waals surface area contributed by atoms with Crippen molar-refractivity contribution in [2.24, 2.45) is 0 Å². The maximum absolute atomic E-state index is 12.9. The lowest BCUT2D eigenvalue weighted by atomic mass is 9.93. The van der Waals surface area contributed by atoms with Crippen LogP contribution in [0, 0.1) is 0 Å². The van der Waals surface area contributed by atoms with Gasteiger partial charge in [-0.1, -0.05) is 61.7 Å². The molecule has 23 heavy (non-hydrogen) atoms. The van der Waals surface area contributed by atoms with E-state index in [2.05, 4.69) is 18.2 Å². The van der Waals surface area contributed by atoms with Crippen molar-refractivity contribution in [3.05, 3.63) is 48.0 Å². The summed E-state index contributed by atoms with van der Waals surface area (Å²) in [5, 5.41) is 2.29. The molecule has 2 aromatic carbocycles. The van der Waals surface area contributed by atoms with Gasteiger partial charge in [0.1, 0.15) is 0 Å². The minimum atomic E-state index is -0.297. The first kappa shape index (κ1) is 14.4. The van der Waals surface area contributed by atoms with Crippen molar-refractivity contribution in [1.82, 2.24) is 4.90 Å². The zero-order valence-electron chi connectivity index (χ0n) is 13.2. The van der Waals surface area contributed by atoms with Gasteiger partial charge in [-0.2, -0.15) is 0 Å². The van der Waals surface area contributed by atoms with Crippen LogP contribution in [-0.4, -0.2) is 22.8 Å². The van der Waals surface area contributed by atoms with Crippen molar-refractivity contribution in [3.63, 3.8) is 0 Å². The van der Waals surface area contributed by atoms with Gasteiger partial charge in [-0.05, 0) is 29.2 Å². The Hall–Kier alpha value is -2.16. The maximum atomic E-state index is 12.9. The number of amides is 2. The minimum Gasteiger partial charge on any atom is -0.279 e. The molecule has 4 rings (SSSR count). The van der Waals surface area contributed by atoms with Gasteiger partial charge in [0.05, 0.1) is 5.92 Å². The molecular weight excluding hydrogens is 286 g/mol. The molecule has 0 spiro atoms. The largest absolute Gasteiger partial charge is 0.279 e. The van der Waals surface area contributed by atoms with Gasteiger partial charge >= 0.3 is 0 Å². The standard InChI is InChI=1S/C20H21NO2/c22-19-13-18(20(23)21(19)17-8-2-1-3-9-17)16-11-10-14-6-4-5-7-15(14)12-16/h4-7,10-12,17-18H,1-3,8-9,13H2/t18-/m0/s1. The van der Waals surface area contributed by atoms with Gasteiger partial charge in [0.2, 0.25) is 11.8 Å². The van der Waals surface area contributed by atoms with E-state index < -0.39 is 0 Å². The first-order valence-electron chi connectivity index (χ1n) is 8.58. The van der Waals surface area contributed by atoms with Crippen LogP contribution in [0.3, 0.4) is 0 Å². The molecule has 1 saturated carbocycles. The van der Waals surface area contributed by atoms with Crippen LogP contribution in [0.4, 0.5) is 0 Å². The van der Waals surface area contributed by atoms with E-state index >= 15 is 0 Å². The zero-order chi connectivity index (χ0) is 15.8. The number of fused-ring (bicyclic) bond motifs is 1. The number of hydrogen-bond acceptors (Lipinski definition) is 2. The Kier molecular flexibility index (Phi) is 3.64. The number of nitrogens with zero attached hydrogens (tertiary/aromatic N) is 1. The summed E-state index contributed by atoms with van der Waals surface area (Å²) in [7, 11) is 0. The third-order valence-corrected chi connectivity index (χ3v) is 5.30. The SMILES string of the molecule is O=C1C[C@@H](c2ccc3ccccc3c2)C(=O)N1C1CCCCC1. The predicted octanol–water partition coefficient (Wildman–Crippen LogP) is 4.02. The first-order chi connectivity index (χ1) is 11.2. The Morgan fingerprint density at radius 2 is 1.61 bits per heavy atom. The zero-order valence-corrected chi connectivity index (χ0v) is 13.2. The van der Waals surface area contributed by atoms with E-state index in [-0.39, 0.29) is 23.8 Å². The van der Waals surface area contributed by atoms with Crippen LogP contribution in [0.5, 0.6) is 0 Å². The number of likely N-dealkylation sites (tertiary alicyclic amines) is 1. The maximum Gasteiger partial charge on any atom is 0.237 e. The molecule has 0 aromatic heterocycles. The van der Waals surface area contributed by atoms with Gasteiger partial charge in [0.25, 0.3) is 0 Å². The second kappa shape index (κ2) is 5.80. The monoisotopic (exact) mass is 307 g/mol. The van der Waals surface area contributed by atoms with E-state index in [9.17, 15) is 9.59 Å². The molecule has 0 radical (unpaired) electrons. The van der Waals surface area contributed by atoms with E-state index in [1.807, 2.05) is 24.3 Å². The molecule has 2 amide bonds. The van der Waals surface area contributed by atoms with Crippen LogP contribution >= 0.6 is 0 Å². The summed E-state index contributed by atoms with van der Waals surface area (Å²) < 4.78 is 0. The number of imide groups is 1. The van der Waals surface area contributed by atoms with Crippen molar-refractivity contribution in [3.8, 4) is 0 Å². The second-order valence-corrected chi connectivity index (χ2v) is 6.76. The van der Waals surface area contributed by atoms with E-state index in [1.165, 1.54) is 6.42 Å². The molecule has 3 nitrogen and oxygen atoms in total. The lowest BCUT2D eigenvalue weighted by Crippen LogP contribution is -2.41. The highest BCUT2D eigenvalue weighted by atomic mass is 16.2. The fourth-order valence-corrected chi connectivity index (χ4v) is 4.06. The molecule has 2 aromatic rings. The minimum absolute atomic E-state index is 0.0113. The highest BCUT2D eigenvalue weighted by molar-refractivity contribution is 6.06. The van der Waals surface area contributed by atoms with Crippen LogP contribution in [0.2, 0.25) is 0 Å². The quantitative estimate of drug-likeness (QED) is 0.786. The summed E-state index contributed by atoms with van der Waals surface area (Å²) in [5.41, 5.74) is 0.973. The summed E-state index contributed by atoms with van der Waals surface area (Å²) in [4.78, 5) is 26.9. The molecule has 0 N–H and O–H groups in total. The number of carbonyl (C=O) groups is 2. The summed E-state index contributed by atoms with van der Waals surface area (Å²) in [5.74, 6) is -0.272. The Morgan fingerprint density at radius 1 is 0.870 bits per heavy atom. The number of benzene rings is 2. The Balaban J connectivity index is 1.63. The summed E-state index contributed by atoms with van der Waals surface area (Å²) in [6.07, 6.45) is 5.75. The number of hydrogen-bond donors (Lipinski definition) is 0. The number of carbonyl (C=O) groups excluding carboxylic acids is 2. The van der Waals surface area contributed by atoms with Gasteiger partial charge < -0.3 is 0 Å². The van der Waals surface area contributed by atoms with Crippen molar-refractivity contribution in [2.75, 3.05) is 0 Å². The van der Waals surface area contributed by atoms with Crippen LogP contribution in [0.1, 0.15) is 50.0 Å². The third-order valence-electron chi connectivity index (χ3n) is 5.30. The number of rotatable bonds is 2. The lowest BCUT2D eigenvalue weighted by Gasteiger charge is -2.29. The third kappa shape index (κ3) is 2.54. The van der Waals surface area contributed by atoms with E-state index in [1.54, 1.807) is 4.90 Å². The molecule has 1 aliphatic heterocycles. The van der Waals surface area contributed by atoms with Crippen molar-refractivity contribution >= 4 is 22.6 Å². The highest BCUT2D eigenvalue weighted by Crippen LogP contribution is 2.35. The van der Waals surface area contributed by atoms with E-state index in [4.69, 9.17) is 0 Å². The average molecular weight is 307 g/mol. The lowest BCUT2D eigenvalue weighted by molar-refractivity contribution is -0.142. The fraction of sp³-hybridized carbons (Fsp3) is 0.400. The normalized spacial score (nSPS) is 23.0. The summed E-state index contributed by atoms with van der Waals surface area (Å²) in [6.45, 7) is 0. The van der Waals surface area contributed by atoms with Crippen LogP contribution in [-0.2, 0) is 9.59 Å². The summed E-state index contributed by atoms with van der Waals surface area (Å²) in [6, 6.07) is 14.4. The van der Waals surface area contributed by atoms with Gasteiger partial charge in [-0.15, -0.1) is 0 Å². The average Bonchev–Trinajstić information content (AvgIpc) is 2.90. The molecule has 118 valence electrons. The predicted molar refractivity (Wildman–Crippen MR) is 90.0 cm³/mol. The van der Waals surface area contributed by atoms with Gasteiger partial charge in [-0.25, -0.2) is 0 Å². The van der Waals surface area contributed by atoms with Gasteiger partial charge in [0.15, 0.2) is 0 Å². The molecule has 1 heterocycles. The van der Waals surface area contributed by atoms with Crippen LogP contribution < -0.4 is 0 Å². The molecular formula is C20H21NO2. The smallest absolute Gasteiger partial charge is 0.237 e. The summed E-state index contributed by atoms with van der Waals surface area (Å²) >= 11 is 0. The molecule has 3 heteroatoms. The highest BCUT2D eigenvalue weighted by Gasteiger charge is 2.43. The molecule has 1 aliphatic carbocycles. The first-order valence-corrected chi connectivity index (χ1v) is 8.58. The molecule has 1 saturated heterocycles. The fourth-order valence-electron chi connectivity index (χ4n) is 4.06.